The summed E-state index contributed by atoms with van der Waals surface area (Å²) in [6, 6.07) is 0. The van der Waals surface area contributed by atoms with E-state index in [1.54, 1.807) is 5.51 Å². The Labute approximate surface area is 116 Å². The molecule has 0 aliphatic rings. The van der Waals surface area contributed by atoms with Gasteiger partial charge >= 0.3 is 0 Å². The predicted octanol–water partition coefficient (Wildman–Crippen LogP) is 2.52. The molecule has 0 atom stereocenters. The molecule has 0 aliphatic heterocycles. The van der Waals surface area contributed by atoms with Crippen molar-refractivity contribution in [3.8, 4) is 11.8 Å². The summed E-state index contributed by atoms with van der Waals surface area (Å²) in [6.45, 7) is 6.98. The summed E-state index contributed by atoms with van der Waals surface area (Å²) in [5.74, 6) is 7.26. The second-order valence-electron chi connectivity index (χ2n) is 5.17. The minimum Gasteiger partial charge on any atom is -0.382 e. The van der Waals surface area contributed by atoms with Gasteiger partial charge in [-0.05, 0) is 20.8 Å². The van der Waals surface area contributed by atoms with Crippen molar-refractivity contribution in [2.75, 3.05) is 17.6 Å². The number of thiazole rings is 1. The fourth-order valence-corrected chi connectivity index (χ4v) is 2.09. The molecule has 0 aromatic carbocycles. The zero-order valence-electron chi connectivity index (χ0n) is 11.3. The summed E-state index contributed by atoms with van der Waals surface area (Å²) in [5.41, 5.74) is 8.24. The molecule has 0 saturated heterocycles. The fourth-order valence-electron chi connectivity index (χ4n) is 1.43. The van der Waals surface area contributed by atoms with Crippen molar-refractivity contribution in [1.82, 2.24) is 15.0 Å². The molecule has 100 valence electrons. The predicted molar refractivity (Wildman–Crippen MR) is 80.0 cm³/mol. The molecule has 0 bridgehead atoms. The third-order valence-corrected chi connectivity index (χ3v) is 2.94. The summed E-state index contributed by atoms with van der Waals surface area (Å²) in [7, 11) is 0. The number of hydrogen-bond donors (Lipinski definition) is 2. The Kier molecular flexibility index (Phi) is 3.86. The average Bonchev–Trinajstić information content (AvgIpc) is 2.75. The van der Waals surface area contributed by atoms with Crippen molar-refractivity contribution in [2.45, 2.75) is 27.2 Å². The van der Waals surface area contributed by atoms with Crippen LogP contribution in [0, 0.1) is 17.3 Å². The van der Waals surface area contributed by atoms with Crippen molar-refractivity contribution in [3.63, 3.8) is 0 Å². The minimum atomic E-state index is 0.0441. The number of fused-ring (bicyclic) bond motifs is 1. The highest BCUT2D eigenvalue weighted by Gasteiger charge is 2.07. The van der Waals surface area contributed by atoms with Gasteiger partial charge < -0.3 is 11.1 Å². The highest BCUT2D eigenvalue weighted by Crippen LogP contribution is 2.21. The van der Waals surface area contributed by atoms with Gasteiger partial charge in [0.2, 0.25) is 5.95 Å². The molecule has 2 aromatic heterocycles. The lowest BCUT2D eigenvalue weighted by Gasteiger charge is -2.07. The normalized spacial score (nSPS) is 11.1. The molecular formula is C13H17N5S. The number of nitrogen functional groups attached to an aromatic ring is 1. The van der Waals surface area contributed by atoms with Crippen molar-refractivity contribution >= 4 is 33.5 Å². The third kappa shape index (κ3) is 3.80. The smallest absolute Gasteiger partial charge is 0.226 e. The summed E-state index contributed by atoms with van der Waals surface area (Å²) in [5, 5.41) is 3.13. The molecule has 0 saturated carbocycles. The third-order valence-electron chi connectivity index (χ3n) is 2.22. The zero-order chi connectivity index (χ0) is 13.9. The van der Waals surface area contributed by atoms with Crippen LogP contribution in [0.4, 0.5) is 11.8 Å². The minimum absolute atomic E-state index is 0.0441. The second-order valence-corrected chi connectivity index (χ2v) is 6.00. The van der Waals surface area contributed by atoms with Crippen molar-refractivity contribution < 1.29 is 0 Å². The van der Waals surface area contributed by atoms with Gasteiger partial charge in [0, 0.05) is 18.4 Å². The first-order valence-electron chi connectivity index (χ1n) is 6.06. The first-order valence-corrected chi connectivity index (χ1v) is 6.94. The summed E-state index contributed by atoms with van der Waals surface area (Å²) in [6.07, 6.45) is 0.751. The van der Waals surface area contributed by atoms with E-state index in [1.807, 2.05) is 0 Å². The Balaban J connectivity index is 1.96. The molecule has 6 heteroatoms. The molecule has 2 heterocycles. The SMILES string of the molecule is CC(C)(C)C#CCCNc1nc(N)c2ncsc2n1. The number of nitrogens with zero attached hydrogens (tertiary/aromatic N) is 3. The number of rotatable bonds is 3. The van der Waals surface area contributed by atoms with Crippen LogP contribution >= 0.6 is 11.3 Å². The van der Waals surface area contributed by atoms with Crippen LogP contribution in [-0.4, -0.2) is 21.5 Å². The number of anilines is 2. The first-order chi connectivity index (χ1) is 8.96. The Hall–Kier alpha value is -1.87. The van der Waals surface area contributed by atoms with E-state index < -0.39 is 0 Å². The van der Waals surface area contributed by atoms with Gasteiger partial charge in [-0.2, -0.15) is 4.98 Å². The largest absolute Gasteiger partial charge is 0.382 e. The van der Waals surface area contributed by atoms with Gasteiger partial charge in [0.05, 0.1) is 5.51 Å². The summed E-state index contributed by atoms with van der Waals surface area (Å²) < 4.78 is 0. The van der Waals surface area contributed by atoms with Crippen LogP contribution in [-0.2, 0) is 0 Å². The lowest BCUT2D eigenvalue weighted by molar-refractivity contribution is 0.570. The maximum Gasteiger partial charge on any atom is 0.226 e. The second kappa shape index (κ2) is 5.41. The van der Waals surface area contributed by atoms with E-state index >= 15 is 0 Å². The number of aromatic nitrogens is 3. The maximum absolute atomic E-state index is 5.81. The van der Waals surface area contributed by atoms with E-state index in [0.29, 0.717) is 23.8 Å². The van der Waals surface area contributed by atoms with Gasteiger partial charge in [0.15, 0.2) is 10.6 Å². The van der Waals surface area contributed by atoms with Gasteiger partial charge in [-0.3, -0.25) is 0 Å². The molecule has 0 fully saturated rings. The van der Waals surface area contributed by atoms with Crippen LogP contribution in [0.25, 0.3) is 10.3 Å². The lowest BCUT2D eigenvalue weighted by atomic mass is 9.98. The van der Waals surface area contributed by atoms with Crippen LogP contribution in [0.2, 0.25) is 0 Å². The van der Waals surface area contributed by atoms with E-state index in [1.165, 1.54) is 11.3 Å². The molecule has 3 N–H and O–H groups in total. The monoisotopic (exact) mass is 275 g/mol. The van der Waals surface area contributed by atoms with Crippen LogP contribution in [0.1, 0.15) is 27.2 Å². The number of hydrogen-bond acceptors (Lipinski definition) is 6. The van der Waals surface area contributed by atoms with Gasteiger partial charge in [-0.15, -0.1) is 17.3 Å². The highest BCUT2D eigenvalue weighted by molar-refractivity contribution is 7.16. The van der Waals surface area contributed by atoms with Gasteiger partial charge in [-0.1, -0.05) is 5.92 Å². The molecule has 19 heavy (non-hydrogen) atoms. The molecule has 0 amide bonds. The lowest BCUT2D eigenvalue weighted by Crippen LogP contribution is -2.07. The van der Waals surface area contributed by atoms with E-state index in [0.717, 1.165) is 11.3 Å². The molecule has 2 rings (SSSR count). The van der Waals surface area contributed by atoms with Crippen molar-refractivity contribution in [3.05, 3.63) is 5.51 Å². The Bertz CT molecular complexity index is 630. The highest BCUT2D eigenvalue weighted by atomic mass is 32.1. The fraction of sp³-hybridized carbons (Fsp3) is 0.462. The van der Waals surface area contributed by atoms with Gasteiger partial charge in [0.1, 0.15) is 5.52 Å². The molecule has 0 unspecified atom stereocenters. The van der Waals surface area contributed by atoms with Crippen LogP contribution < -0.4 is 11.1 Å². The zero-order valence-corrected chi connectivity index (χ0v) is 12.1. The van der Waals surface area contributed by atoms with E-state index in [9.17, 15) is 0 Å². The Morgan fingerprint density at radius 3 is 2.89 bits per heavy atom. The number of nitrogens with two attached hydrogens (primary N) is 1. The summed E-state index contributed by atoms with van der Waals surface area (Å²) >= 11 is 1.45. The molecule has 0 spiro atoms. The van der Waals surface area contributed by atoms with E-state index in [4.69, 9.17) is 5.73 Å². The molecule has 5 nitrogen and oxygen atoms in total. The molecule has 0 aliphatic carbocycles. The Morgan fingerprint density at radius 2 is 2.16 bits per heavy atom. The quantitative estimate of drug-likeness (QED) is 0.665. The van der Waals surface area contributed by atoms with Gasteiger partial charge in [-0.25, -0.2) is 9.97 Å². The van der Waals surface area contributed by atoms with Crippen molar-refractivity contribution in [2.24, 2.45) is 5.41 Å². The van der Waals surface area contributed by atoms with Crippen molar-refractivity contribution in [1.29, 1.82) is 0 Å². The van der Waals surface area contributed by atoms with Crippen LogP contribution in [0.5, 0.6) is 0 Å². The molecule has 0 radical (unpaired) electrons. The van der Waals surface area contributed by atoms with E-state index in [-0.39, 0.29) is 5.41 Å². The first kappa shape index (κ1) is 13.6. The van der Waals surface area contributed by atoms with Gasteiger partial charge in [0.25, 0.3) is 0 Å². The van der Waals surface area contributed by atoms with Crippen LogP contribution in [0.15, 0.2) is 5.51 Å². The van der Waals surface area contributed by atoms with Crippen LogP contribution in [0.3, 0.4) is 0 Å². The molecule has 2 aromatic rings. The summed E-state index contributed by atoms with van der Waals surface area (Å²) in [4.78, 5) is 13.4. The average molecular weight is 275 g/mol. The standard InChI is InChI=1S/C13H17N5S/c1-13(2,3)6-4-5-7-15-12-17-10(14)9-11(18-12)19-8-16-9/h8H,5,7H2,1-3H3,(H3,14,15,17,18). The molecular weight excluding hydrogens is 258 g/mol. The Morgan fingerprint density at radius 1 is 1.37 bits per heavy atom. The number of nitrogens with one attached hydrogen (secondary N) is 1. The maximum atomic E-state index is 5.81. The topological polar surface area (TPSA) is 76.7 Å². The van der Waals surface area contributed by atoms with E-state index in [2.05, 4.69) is 52.9 Å².